The number of rotatable bonds is 6. The van der Waals surface area contributed by atoms with Crippen molar-refractivity contribution in [1.82, 2.24) is 0 Å². The van der Waals surface area contributed by atoms with Gasteiger partial charge in [-0.3, -0.25) is 29.4 Å². The molecule has 11 heteroatoms. The van der Waals surface area contributed by atoms with E-state index in [0.29, 0.717) is 10.2 Å². The number of nitrogens with one attached hydrogen (secondary N) is 1. The molecule has 10 nitrogen and oxygen atoms in total. The van der Waals surface area contributed by atoms with Gasteiger partial charge in [0.05, 0.1) is 21.9 Å². The molecule has 1 aliphatic rings. The number of ether oxygens (including phenoxy) is 1. The van der Waals surface area contributed by atoms with E-state index in [1.807, 2.05) is 0 Å². The molecule has 0 aliphatic carbocycles. The molecule has 1 saturated heterocycles. The first kappa shape index (κ1) is 21.1. The molecule has 1 fully saturated rings. The van der Waals surface area contributed by atoms with Gasteiger partial charge in [0.25, 0.3) is 11.6 Å². The Kier molecular flexibility index (Phi) is 6.21. The second kappa shape index (κ2) is 8.82. The van der Waals surface area contributed by atoms with E-state index in [-0.39, 0.29) is 41.6 Å². The minimum absolute atomic E-state index is 0.141. The van der Waals surface area contributed by atoms with Gasteiger partial charge in [0.15, 0.2) is 6.61 Å². The molecule has 1 aliphatic heterocycles. The number of hydrogen-bond acceptors (Lipinski definition) is 7. The van der Waals surface area contributed by atoms with Crippen molar-refractivity contribution in [2.75, 3.05) is 16.8 Å². The molecule has 2 aromatic carbocycles. The predicted molar refractivity (Wildman–Crippen MR) is 108 cm³/mol. The molecule has 0 aromatic heterocycles. The molecular weight excluding hydrogens is 462 g/mol. The van der Waals surface area contributed by atoms with E-state index >= 15 is 0 Å². The van der Waals surface area contributed by atoms with Gasteiger partial charge in [-0.1, -0.05) is 0 Å². The third kappa shape index (κ3) is 4.69. The maximum absolute atomic E-state index is 12.1. The minimum atomic E-state index is -0.765. The Bertz CT molecular complexity index is 1040. The fraction of sp³-hybridized carbons (Fsp3) is 0.158. The molecule has 3 rings (SSSR count). The van der Waals surface area contributed by atoms with Crippen LogP contribution in [0.1, 0.15) is 23.2 Å². The molecule has 0 atom stereocenters. The number of halogens is 1. The summed E-state index contributed by atoms with van der Waals surface area (Å²) in [5.74, 6) is -2.00. The Balaban J connectivity index is 1.56. The number of esters is 1. The zero-order chi connectivity index (χ0) is 21.8. The van der Waals surface area contributed by atoms with E-state index in [0.717, 1.165) is 4.90 Å². The van der Waals surface area contributed by atoms with Crippen LogP contribution in [-0.2, 0) is 19.1 Å². The zero-order valence-electron chi connectivity index (χ0n) is 15.3. The van der Waals surface area contributed by atoms with E-state index in [2.05, 4.69) is 21.2 Å². The van der Waals surface area contributed by atoms with Gasteiger partial charge in [0.2, 0.25) is 11.8 Å². The second-order valence-electron chi connectivity index (χ2n) is 6.22. The first-order valence-corrected chi connectivity index (χ1v) is 9.42. The van der Waals surface area contributed by atoms with Crippen LogP contribution in [0, 0.1) is 10.1 Å². The van der Waals surface area contributed by atoms with Crippen molar-refractivity contribution in [3.8, 4) is 0 Å². The Hall–Kier alpha value is -3.60. The van der Waals surface area contributed by atoms with E-state index in [4.69, 9.17) is 4.74 Å². The Morgan fingerprint density at radius 3 is 2.30 bits per heavy atom. The van der Waals surface area contributed by atoms with Crippen LogP contribution in [0.3, 0.4) is 0 Å². The van der Waals surface area contributed by atoms with Gasteiger partial charge >= 0.3 is 5.97 Å². The number of amides is 3. The van der Waals surface area contributed by atoms with Crippen LogP contribution < -0.4 is 10.2 Å². The Morgan fingerprint density at radius 1 is 1.10 bits per heavy atom. The van der Waals surface area contributed by atoms with Gasteiger partial charge in [0.1, 0.15) is 0 Å². The maximum Gasteiger partial charge on any atom is 0.338 e. The minimum Gasteiger partial charge on any atom is -0.452 e. The number of imide groups is 1. The van der Waals surface area contributed by atoms with Crippen LogP contribution >= 0.6 is 15.9 Å². The van der Waals surface area contributed by atoms with Gasteiger partial charge in [-0.05, 0) is 46.3 Å². The van der Waals surface area contributed by atoms with Crippen molar-refractivity contribution in [3.63, 3.8) is 0 Å². The number of carbonyl (C=O) groups is 4. The molecular formula is C19H14BrN3O7. The monoisotopic (exact) mass is 475 g/mol. The van der Waals surface area contributed by atoms with Crippen molar-refractivity contribution in [2.24, 2.45) is 0 Å². The number of benzene rings is 2. The van der Waals surface area contributed by atoms with Gasteiger partial charge in [-0.15, -0.1) is 0 Å². The average molecular weight is 476 g/mol. The Morgan fingerprint density at radius 2 is 1.73 bits per heavy atom. The van der Waals surface area contributed by atoms with Gasteiger partial charge in [-0.25, -0.2) is 4.79 Å². The normalized spacial score (nSPS) is 13.3. The lowest BCUT2D eigenvalue weighted by Gasteiger charge is -2.14. The standard InChI is InChI=1S/C19H14BrN3O7/c20-14-9-13(23(28)29)5-6-15(14)21-16(24)10-30-19(27)11-1-3-12(4-2-11)22-17(25)7-8-18(22)26/h1-6,9H,7-8,10H2,(H,21,24). The van der Waals surface area contributed by atoms with Crippen LogP contribution in [0.4, 0.5) is 17.1 Å². The van der Waals surface area contributed by atoms with Crippen LogP contribution in [0.15, 0.2) is 46.9 Å². The Labute approximate surface area is 178 Å². The molecule has 0 unspecified atom stereocenters. The largest absolute Gasteiger partial charge is 0.452 e. The molecule has 154 valence electrons. The molecule has 1 N–H and O–H groups in total. The third-order valence-electron chi connectivity index (χ3n) is 4.18. The summed E-state index contributed by atoms with van der Waals surface area (Å²) in [6.07, 6.45) is 0.311. The highest BCUT2D eigenvalue weighted by Gasteiger charge is 2.30. The quantitative estimate of drug-likeness (QED) is 0.293. The fourth-order valence-electron chi connectivity index (χ4n) is 2.73. The summed E-state index contributed by atoms with van der Waals surface area (Å²) in [5.41, 5.74) is 0.639. The average Bonchev–Trinajstić information content (AvgIpc) is 3.05. The van der Waals surface area contributed by atoms with E-state index < -0.39 is 23.4 Å². The predicted octanol–water partition coefficient (Wildman–Crippen LogP) is 2.81. The molecule has 1 heterocycles. The molecule has 0 bridgehead atoms. The number of non-ortho nitro benzene ring substituents is 1. The van der Waals surface area contributed by atoms with Crippen molar-refractivity contribution < 1.29 is 28.8 Å². The number of anilines is 2. The number of nitrogens with zero attached hydrogens (tertiary/aromatic N) is 2. The highest BCUT2D eigenvalue weighted by molar-refractivity contribution is 9.10. The van der Waals surface area contributed by atoms with Gasteiger partial charge in [-0.2, -0.15) is 0 Å². The van der Waals surface area contributed by atoms with Gasteiger partial charge < -0.3 is 10.1 Å². The lowest BCUT2D eigenvalue weighted by molar-refractivity contribution is -0.384. The summed E-state index contributed by atoms with van der Waals surface area (Å²) >= 11 is 3.12. The van der Waals surface area contributed by atoms with Crippen LogP contribution in [-0.4, -0.2) is 35.2 Å². The van der Waals surface area contributed by atoms with E-state index in [1.165, 1.54) is 42.5 Å². The van der Waals surface area contributed by atoms with Crippen molar-refractivity contribution in [2.45, 2.75) is 12.8 Å². The maximum atomic E-state index is 12.1. The summed E-state index contributed by atoms with van der Waals surface area (Å²) in [7, 11) is 0. The molecule has 30 heavy (non-hydrogen) atoms. The van der Waals surface area contributed by atoms with Crippen LogP contribution in [0.2, 0.25) is 0 Å². The molecule has 0 spiro atoms. The number of hydrogen-bond donors (Lipinski definition) is 1. The van der Waals surface area contributed by atoms with E-state index in [1.54, 1.807) is 0 Å². The summed E-state index contributed by atoms with van der Waals surface area (Å²) < 4.78 is 5.25. The van der Waals surface area contributed by atoms with Crippen molar-refractivity contribution >= 4 is 56.7 Å². The number of carbonyl (C=O) groups excluding carboxylic acids is 4. The first-order chi connectivity index (χ1) is 14.3. The summed E-state index contributed by atoms with van der Waals surface area (Å²) in [5, 5.41) is 13.2. The summed E-state index contributed by atoms with van der Waals surface area (Å²) in [6, 6.07) is 9.49. The molecule has 3 amide bonds. The second-order valence-corrected chi connectivity index (χ2v) is 7.07. The smallest absolute Gasteiger partial charge is 0.338 e. The van der Waals surface area contributed by atoms with Crippen molar-refractivity contribution in [1.29, 1.82) is 0 Å². The fourth-order valence-corrected chi connectivity index (χ4v) is 3.20. The number of nitro benzene ring substituents is 1. The summed E-state index contributed by atoms with van der Waals surface area (Å²) in [6.45, 7) is -0.576. The number of nitro groups is 1. The van der Waals surface area contributed by atoms with E-state index in [9.17, 15) is 29.3 Å². The molecule has 0 saturated carbocycles. The topological polar surface area (TPSA) is 136 Å². The zero-order valence-corrected chi connectivity index (χ0v) is 16.9. The lowest BCUT2D eigenvalue weighted by Crippen LogP contribution is -2.28. The van der Waals surface area contributed by atoms with Gasteiger partial charge in [0, 0.05) is 29.4 Å². The highest BCUT2D eigenvalue weighted by Crippen LogP contribution is 2.27. The SMILES string of the molecule is O=C(COC(=O)c1ccc(N2C(=O)CCC2=O)cc1)Nc1ccc([N+](=O)[O-])cc1Br. The summed E-state index contributed by atoms with van der Waals surface area (Å²) in [4.78, 5) is 58.8. The third-order valence-corrected chi connectivity index (χ3v) is 4.84. The lowest BCUT2D eigenvalue weighted by atomic mass is 10.2. The molecule has 2 aromatic rings. The molecule has 0 radical (unpaired) electrons. The highest BCUT2D eigenvalue weighted by atomic mass is 79.9. The van der Waals surface area contributed by atoms with Crippen LogP contribution in [0.5, 0.6) is 0 Å². The van der Waals surface area contributed by atoms with Crippen molar-refractivity contribution in [3.05, 3.63) is 62.6 Å². The van der Waals surface area contributed by atoms with Crippen LogP contribution in [0.25, 0.3) is 0 Å². The first-order valence-electron chi connectivity index (χ1n) is 8.63.